The van der Waals surface area contributed by atoms with Crippen molar-refractivity contribution in [1.29, 1.82) is 0 Å². The molecule has 2 aromatic rings. The zero-order chi connectivity index (χ0) is 12.3. The fourth-order valence-corrected chi connectivity index (χ4v) is 1.51. The zero-order valence-corrected chi connectivity index (χ0v) is 9.58. The quantitative estimate of drug-likeness (QED) is 0.824. The molecule has 6 heteroatoms. The minimum atomic E-state index is -0.261. The van der Waals surface area contributed by atoms with Crippen LogP contribution in [0.5, 0.6) is 0 Å². The molecule has 0 fully saturated rings. The number of nitrogens with one attached hydrogen (secondary N) is 1. The molecule has 1 aromatic heterocycles. The monoisotopic (exact) mass is 252 g/mol. The van der Waals surface area contributed by atoms with Crippen LogP contribution in [0.15, 0.2) is 30.3 Å². The summed E-state index contributed by atoms with van der Waals surface area (Å²) in [6.45, 7) is 0.507. The molecule has 0 unspecified atom stereocenters. The molecule has 0 aliphatic heterocycles. The fraction of sp³-hybridized carbons (Fsp3) is 0.0909. The summed E-state index contributed by atoms with van der Waals surface area (Å²) in [6.07, 6.45) is 0. The van der Waals surface area contributed by atoms with Crippen molar-refractivity contribution in [2.45, 2.75) is 6.54 Å². The third-order valence-electron chi connectivity index (χ3n) is 2.10. The summed E-state index contributed by atoms with van der Waals surface area (Å²) < 4.78 is 12.7. The van der Waals surface area contributed by atoms with Crippen LogP contribution in [0.4, 0.5) is 16.2 Å². The van der Waals surface area contributed by atoms with E-state index in [1.165, 1.54) is 12.1 Å². The second-order valence-electron chi connectivity index (χ2n) is 3.41. The Bertz CT molecular complexity index is 495. The van der Waals surface area contributed by atoms with E-state index in [-0.39, 0.29) is 16.9 Å². The van der Waals surface area contributed by atoms with Gasteiger partial charge in [-0.05, 0) is 17.7 Å². The normalized spacial score (nSPS) is 10.2. The molecule has 0 aliphatic carbocycles. The van der Waals surface area contributed by atoms with Crippen LogP contribution in [-0.4, -0.2) is 9.97 Å². The summed E-state index contributed by atoms with van der Waals surface area (Å²) in [7, 11) is 0. The number of rotatable bonds is 3. The highest BCUT2D eigenvalue weighted by molar-refractivity contribution is 6.29. The third-order valence-corrected chi connectivity index (χ3v) is 2.29. The van der Waals surface area contributed by atoms with Crippen LogP contribution in [-0.2, 0) is 6.54 Å². The zero-order valence-electron chi connectivity index (χ0n) is 8.82. The first-order chi connectivity index (χ1) is 8.13. The van der Waals surface area contributed by atoms with Crippen molar-refractivity contribution in [2.75, 3.05) is 11.1 Å². The molecule has 0 bridgehead atoms. The van der Waals surface area contributed by atoms with Gasteiger partial charge in [-0.1, -0.05) is 23.7 Å². The van der Waals surface area contributed by atoms with Crippen molar-refractivity contribution >= 4 is 23.4 Å². The summed E-state index contributed by atoms with van der Waals surface area (Å²) in [4.78, 5) is 7.71. The lowest BCUT2D eigenvalue weighted by molar-refractivity contribution is 0.627. The van der Waals surface area contributed by atoms with E-state index < -0.39 is 0 Å². The standard InChI is InChI=1S/C11H10ClFN4/c12-9-5-10(17-11(14)16-9)15-6-7-1-3-8(13)4-2-7/h1-5H,6H2,(H3,14,15,16,17). The average Bonchev–Trinajstić information content (AvgIpc) is 2.27. The lowest BCUT2D eigenvalue weighted by Gasteiger charge is -2.06. The summed E-state index contributed by atoms with van der Waals surface area (Å²) >= 11 is 5.73. The Kier molecular flexibility index (Phi) is 3.39. The minimum Gasteiger partial charge on any atom is -0.368 e. The van der Waals surface area contributed by atoms with E-state index in [1.807, 2.05) is 0 Å². The van der Waals surface area contributed by atoms with Crippen LogP contribution < -0.4 is 11.1 Å². The predicted molar refractivity (Wildman–Crippen MR) is 65.2 cm³/mol. The molecule has 4 nitrogen and oxygen atoms in total. The first-order valence-corrected chi connectivity index (χ1v) is 5.29. The van der Waals surface area contributed by atoms with Crippen molar-refractivity contribution in [3.63, 3.8) is 0 Å². The van der Waals surface area contributed by atoms with Crippen LogP contribution >= 0.6 is 11.6 Å². The number of halogens is 2. The molecule has 0 saturated carbocycles. The van der Waals surface area contributed by atoms with Gasteiger partial charge < -0.3 is 11.1 Å². The molecule has 3 N–H and O–H groups in total. The fourth-order valence-electron chi connectivity index (χ4n) is 1.32. The number of nitrogens with zero attached hydrogens (tertiary/aromatic N) is 2. The van der Waals surface area contributed by atoms with E-state index in [9.17, 15) is 4.39 Å². The molecule has 0 saturated heterocycles. The molecule has 88 valence electrons. The summed E-state index contributed by atoms with van der Waals surface area (Å²) in [5.74, 6) is 0.383. The van der Waals surface area contributed by atoms with Gasteiger partial charge in [0.25, 0.3) is 0 Å². The first kappa shape index (κ1) is 11.6. The number of aromatic nitrogens is 2. The van der Waals surface area contributed by atoms with Gasteiger partial charge in [0.2, 0.25) is 5.95 Å². The molecule has 0 aliphatic rings. The average molecular weight is 253 g/mol. The molecular weight excluding hydrogens is 243 g/mol. The lowest BCUT2D eigenvalue weighted by atomic mass is 10.2. The van der Waals surface area contributed by atoms with Crippen molar-refractivity contribution in [3.05, 3.63) is 46.9 Å². The van der Waals surface area contributed by atoms with Gasteiger partial charge in [0.05, 0.1) is 0 Å². The molecule has 0 spiro atoms. The lowest BCUT2D eigenvalue weighted by Crippen LogP contribution is -2.04. The van der Waals surface area contributed by atoms with E-state index in [0.29, 0.717) is 12.4 Å². The molecule has 0 radical (unpaired) electrons. The highest BCUT2D eigenvalue weighted by Crippen LogP contribution is 2.13. The van der Waals surface area contributed by atoms with E-state index >= 15 is 0 Å². The van der Waals surface area contributed by atoms with Crippen LogP contribution in [0.25, 0.3) is 0 Å². The summed E-state index contributed by atoms with van der Waals surface area (Å²) in [5.41, 5.74) is 6.38. The van der Waals surface area contributed by atoms with Gasteiger partial charge >= 0.3 is 0 Å². The smallest absolute Gasteiger partial charge is 0.223 e. The first-order valence-electron chi connectivity index (χ1n) is 4.92. The van der Waals surface area contributed by atoms with Crippen LogP contribution in [0.1, 0.15) is 5.56 Å². The number of hydrogen-bond acceptors (Lipinski definition) is 4. The van der Waals surface area contributed by atoms with E-state index in [1.54, 1.807) is 18.2 Å². The Hall–Kier alpha value is -1.88. The number of hydrogen-bond donors (Lipinski definition) is 2. The van der Waals surface area contributed by atoms with Gasteiger partial charge in [0.15, 0.2) is 0 Å². The van der Waals surface area contributed by atoms with Gasteiger partial charge in [0, 0.05) is 12.6 Å². The summed E-state index contributed by atoms with van der Waals surface area (Å²) in [5, 5.41) is 3.30. The van der Waals surface area contributed by atoms with Crippen molar-refractivity contribution in [2.24, 2.45) is 0 Å². The molecule has 1 aromatic carbocycles. The van der Waals surface area contributed by atoms with Crippen LogP contribution in [0, 0.1) is 5.82 Å². The van der Waals surface area contributed by atoms with Gasteiger partial charge in [-0.25, -0.2) is 9.37 Å². The van der Waals surface area contributed by atoms with Crippen LogP contribution in [0.3, 0.4) is 0 Å². The van der Waals surface area contributed by atoms with E-state index in [0.717, 1.165) is 5.56 Å². The van der Waals surface area contributed by atoms with E-state index in [2.05, 4.69) is 15.3 Å². The highest BCUT2D eigenvalue weighted by atomic mass is 35.5. The maximum absolute atomic E-state index is 12.7. The number of nitrogens with two attached hydrogens (primary N) is 1. The minimum absolute atomic E-state index is 0.110. The largest absolute Gasteiger partial charge is 0.368 e. The molecule has 0 atom stereocenters. The highest BCUT2D eigenvalue weighted by Gasteiger charge is 2.00. The predicted octanol–water partition coefficient (Wildman–Crippen LogP) is 2.46. The number of nitrogen functional groups attached to an aromatic ring is 1. The van der Waals surface area contributed by atoms with E-state index in [4.69, 9.17) is 17.3 Å². The maximum atomic E-state index is 12.7. The van der Waals surface area contributed by atoms with Gasteiger partial charge in [-0.2, -0.15) is 4.98 Å². The van der Waals surface area contributed by atoms with Gasteiger partial charge in [-0.3, -0.25) is 0 Å². The van der Waals surface area contributed by atoms with Crippen molar-refractivity contribution < 1.29 is 4.39 Å². The van der Waals surface area contributed by atoms with Crippen molar-refractivity contribution in [3.8, 4) is 0 Å². The Balaban J connectivity index is 2.04. The number of anilines is 2. The Morgan fingerprint density at radius 3 is 2.59 bits per heavy atom. The summed E-state index contributed by atoms with van der Waals surface area (Å²) in [6, 6.07) is 7.75. The van der Waals surface area contributed by atoms with Gasteiger partial charge in [0.1, 0.15) is 16.8 Å². The maximum Gasteiger partial charge on any atom is 0.223 e. The van der Waals surface area contributed by atoms with Gasteiger partial charge in [-0.15, -0.1) is 0 Å². The molecule has 1 heterocycles. The van der Waals surface area contributed by atoms with Crippen molar-refractivity contribution in [1.82, 2.24) is 9.97 Å². The van der Waals surface area contributed by atoms with Crippen LogP contribution in [0.2, 0.25) is 5.15 Å². The SMILES string of the molecule is Nc1nc(Cl)cc(NCc2ccc(F)cc2)n1. The number of benzene rings is 1. The Morgan fingerprint density at radius 1 is 1.24 bits per heavy atom. The molecular formula is C11H10ClFN4. The second-order valence-corrected chi connectivity index (χ2v) is 3.80. The Labute approximate surface area is 103 Å². The molecule has 17 heavy (non-hydrogen) atoms. The second kappa shape index (κ2) is 4.97. The molecule has 2 rings (SSSR count). The topological polar surface area (TPSA) is 63.8 Å². The third kappa shape index (κ3) is 3.29. The molecule has 0 amide bonds. The Morgan fingerprint density at radius 2 is 1.94 bits per heavy atom.